The molecule has 1 N–H and O–H groups in total. The maximum atomic E-state index is 11.1. The lowest BCUT2D eigenvalue weighted by Gasteiger charge is -2.01. The molecule has 0 saturated carbocycles. The number of hydrogen-bond donors (Lipinski definition) is 1. The minimum Gasteiger partial charge on any atom is -0.314 e. The van der Waals surface area contributed by atoms with Crippen molar-refractivity contribution in [3.05, 3.63) is 29.8 Å². The molecule has 0 aliphatic carbocycles. The van der Waals surface area contributed by atoms with Gasteiger partial charge in [-0.2, -0.15) is 5.26 Å². The molecule has 0 atom stereocenters. The molecule has 1 aromatic rings. The standard InChI is InChI=1S/C10H5BrN2O/c11-6-5-10(14)13-9-4-2-1-3-8(9)7-12/h1-4H,(H,13,14). The largest absolute Gasteiger partial charge is 0.314 e. The number of rotatable bonds is 1. The number of anilines is 1. The predicted octanol–water partition coefficient (Wildman–Crippen LogP) is 1.85. The second-order valence-electron chi connectivity index (χ2n) is 2.33. The Morgan fingerprint density at radius 1 is 1.43 bits per heavy atom. The van der Waals surface area contributed by atoms with Gasteiger partial charge < -0.3 is 5.32 Å². The second kappa shape index (κ2) is 5.06. The third-order valence-electron chi connectivity index (χ3n) is 1.46. The smallest absolute Gasteiger partial charge is 0.301 e. The monoisotopic (exact) mass is 248 g/mol. The molecule has 0 bridgehead atoms. The fourth-order valence-corrected chi connectivity index (χ4v) is 1.07. The van der Waals surface area contributed by atoms with Gasteiger partial charge in [0.05, 0.1) is 11.3 Å². The van der Waals surface area contributed by atoms with Gasteiger partial charge in [-0.25, -0.2) is 0 Å². The highest BCUT2D eigenvalue weighted by Crippen LogP contribution is 2.12. The molecule has 0 spiro atoms. The summed E-state index contributed by atoms with van der Waals surface area (Å²) in [5.41, 5.74) is 0.882. The lowest BCUT2D eigenvalue weighted by molar-refractivity contribution is -0.111. The zero-order chi connectivity index (χ0) is 10.4. The maximum Gasteiger partial charge on any atom is 0.301 e. The summed E-state index contributed by atoms with van der Waals surface area (Å²) in [4.78, 5) is 13.3. The Hall–Kier alpha value is -1.78. The Labute approximate surface area is 89.9 Å². The van der Waals surface area contributed by atoms with Gasteiger partial charge in [0.15, 0.2) is 0 Å². The topological polar surface area (TPSA) is 52.9 Å². The van der Waals surface area contributed by atoms with E-state index in [4.69, 9.17) is 5.26 Å². The van der Waals surface area contributed by atoms with Crippen molar-refractivity contribution in [1.29, 1.82) is 5.26 Å². The van der Waals surface area contributed by atoms with E-state index in [1.807, 2.05) is 6.07 Å². The molecule has 1 rings (SSSR count). The van der Waals surface area contributed by atoms with Crippen molar-refractivity contribution in [1.82, 2.24) is 0 Å². The van der Waals surface area contributed by atoms with Gasteiger partial charge in [0.1, 0.15) is 6.07 Å². The fourth-order valence-electron chi connectivity index (χ4n) is 0.886. The molecule has 0 radical (unpaired) electrons. The number of carbonyl (C=O) groups is 1. The van der Waals surface area contributed by atoms with Gasteiger partial charge in [-0.3, -0.25) is 4.79 Å². The molecule has 4 heteroatoms. The summed E-state index contributed by atoms with van der Waals surface area (Å²) >= 11 is 2.81. The summed E-state index contributed by atoms with van der Waals surface area (Å²) < 4.78 is 0. The molecule has 1 amide bonds. The third kappa shape index (κ3) is 2.62. The molecule has 0 aliphatic heterocycles. The predicted molar refractivity (Wildman–Crippen MR) is 56.5 cm³/mol. The van der Waals surface area contributed by atoms with Crippen molar-refractivity contribution in [3.63, 3.8) is 0 Å². The molecule has 0 aliphatic rings. The van der Waals surface area contributed by atoms with E-state index in [2.05, 4.69) is 32.0 Å². The van der Waals surface area contributed by atoms with E-state index in [1.54, 1.807) is 24.3 Å². The first-order valence-electron chi connectivity index (χ1n) is 3.69. The lowest BCUT2D eigenvalue weighted by atomic mass is 10.2. The normalized spacial score (nSPS) is 8.00. The zero-order valence-corrected chi connectivity index (χ0v) is 8.63. The number of halogens is 1. The van der Waals surface area contributed by atoms with E-state index >= 15 is 0 Å². The van der Waals surface area contributed by atoms with Crippen LogP contribution in [0.4, 0.5) is 5.69 Å². The molecule has 3 nitrogen and oxygen atoms in total. The van der Waals surface area contributed by atoms with Crippen molar-refractivity contribution >= 4 is 27.5 Å². The van der Waals surface area contributed by atoms with E-state index < -0.39 is 5.91 Å². The van der Waals surface area contributed by atoms with Gasteiger partial charge in [-0.15, -0.1) is 0 Å². The van der Waals surface area contributed by atoms with Crippen molar-refractivity contribution in [2.75, 3.05) is 5.32 Å². The number of nitrogens with zero attached hydrogens (tertiary/aromatic N) is 1. The molecule has 0 unspecified atom stereocenters. The van der Waals surface area contributed by atoms with Crippen LogP contribution in [0.1, 0.15) is 5.56 Å². The van der Waals surface area contributed by atoms with E-state index in [0.717, 1.165) is 0 Å². The molecule has 0 heterocycles. The SMILES string of the molecule is N#Cc1ccccc1NC(=O)C#CBr. The Bertz CT molecular complexity index is 451. The summed E-state index contributed by atoms with van der Waals surface area (Å²) in [5.74, 6) is 1.80. The van der Waals surface area contributed by atoms with Crippen molar-refractivity contribution in [2.45, 2.75) is 0 Å². The molecular weight excluding hydrogens is 244 g/mol. The minimum atomic E-state index is -0.454. The molecule has 0 aromatic heterocycles. The van der Waals surface area contributed by atoms with E-state index in [9.17, 15) is 4.79 Å². The zero-order valence-electron chi connectivity index (χ0n) is 7.04. The van der Waals surface area contributed by atoms with Gasteiger partial charge in [0, 0.05) is 21.9 Å². The molecular formula is C10H5BrN2O. The number of benzene rings is 1. The van der Waals surface area contributed by atoms with Crippen LogP contribution in [0.2, 0.25) is 0 Å². The van der Waals surface area contributed by atoms with Gasteiger partial charge in [-0.05, 0) is 17.0 Å². The number of amides is 1. The van der Waals surface area contributed by atoms with Crippen LogP contribution in [0.5, 0.6) is 0 Å². The molecule has 1 aromatic carbocycles. The van der Waals surface area contributed by atoms with Gasteiger partial charge >= 0.3 is 5.91 Å². The number of hydrogen-bond acceptors (Lipinski definition) is 2. The number of nitriles is 1. The lowest BCUT2D eigenvalue weighted by Crippen LogP contribution is -2.09. The number of nitrogens with one attached hydrogen (secondary N) is 1. The molecule has 0 fully saturated rings. The molecule has 68 valence electrons. The highest BCUT2D eigenvalue weighted by atomic mass is 79.9. The van der Waals surface area contributed by atoms with Gasteiger partial charge in [0.25, 0.3) is 0 Å². The van der Waals surface area contributed by atoms with Crippen LogP contribution in [0.25, 0.3) is 0 Å². The summed E-state index contributed by atoms with van der Waals surface area (Å²) in [6.45, 7) is 0. The van der Waals surface area contributed by atoms with Crippen molar-refractivity contribution in [2.24, 2.45) is 0 Å². The van der Waals surface area contributed by atoms with E-state index in [0.29, 0.717) is 11.3 Å². The van der Waals surface area contributed by atoms with Crippen LogP contribution >= 0.6 is 15.9 Å². The van der Waals surface area contributed by atoms with Crippen LogP contribution in [0.3, 0.4) is 0 Å². The van der Waals surface area contributed by atoms with Crippen molar-refractivity contribution < 1.29 is 4.79 Å². The number of para-hydroxylation sites is 1. The van der Waals surface area contributed by atoms with Gasteiger partial charge in [0.2, 0.25) is 0 Å². The average molecular weight is 249 g/mol. The van der Waals surface area contributed by atoms with Crippen LogP contribution in [-0.4, -0.2) is 5.91 Å². The first-order valence-corrected chi connectivity index (χ1v) is 4.49. The van der Waals surface area contributed by atoms with E-state index in [1.165, 1.54) is 0 Å². The molecule has 0 saturated heterocycles. The quantitative estimate of drug-likeness (QED) is 0.772. The Morgan fingerprint density at radius 3 is 2.79 bits per heavy atom. The summed E-state index contributed by atoms with van der Waals surface area (Å²) in [6, 6.07) is 8.70. The fraction of sp³-hybridized carbons (Fsp3) is 0. The van der Waals surface area contributed by atoms with Crippen LogP contribution in [0, 0.1) is 22.1 Å². The maximum absolute atomic E-state index is 11.1. The first-order chi connectivity index (χ1) is 6.77. The Morgan fingerprint density at radius 2 is 2.14 bits per heavy atom. The van der Waals surface area contributed by atoms with Crippen molar-refractivity contribution in [3.8, 4) is 16.8 Å². The highest BCUT2D eigenvalue weighted by molar-refractivity contribution is 9.12. The molecule has 14 heavy (non-hydrogen) atoms. The second-order valence-corrected chi connectivity index (χ2v) is 2.73. The van der Waals surface area contributed by atoms with E-state index in [-0.39, 0.29) is 0 Å². The third-order valence-corrected chi connectivity index (χ3v) is 1.65. The Balaban J connectivity index is 2.91. The summed E-state index contributed by atoms with van der Waals surface area (Å²) in [6.07, 6.45) is 0. The van der Waals surface area contributed by atoms with Crippen LogP contribution in [0.15, 0.2) is 24.3 Å². The number of carbonyl (C=O) groups excluding carboxylic acids is 1. The first kappa shape index (κ1) is 10.3. The Kier molecular flexibility index (Phi) is 3.72. The minimum absolute atomic E-state index is 0.414. The van der Waals surface area contributed by atoms with Gasteiger partial charge in [-0.1, -0.05) is 12.1 Å². The summed E-state index contributed by atoms with van der Waals surface area (Å²) in [5, 5.41) is 11.2. The van der Waals surface area contributed by atoms with Crippen LogP contribution < -0.4 is 5.32 Å². The van der Waals surface area contributed by atoms with Crippen LogP contribution in [-0.2, 0) is 4.79 Å². The highest BCUT2D eigenvalue weighted by Gasteiger charge is 2.02. The average Bonchev–Trinajstić information content (AvgIpc) is 2.19. The summed E-state index contributed by atoms with van der Waals surface area (Å²) in [7, 11) is 0.